The van der Waals surface area contributed by atoms with Gasteiger partial charge in [-0.25, -0.2) is 14.4 Å². The molecule has 3 heterocycles. The second-order valence-corrected chi connectivity index (χ2v) is 6.19. The van der Waals surface area contributed by atoms with E-state index in [1.54, 1.807) is 12.1 Å². The summed E-state index contributed by atoms with van der Waals surface area (Å²) in [5.74, 6) is -0.255. The van der Waals surface area contributed by atoms with Crippen LogP contribution >= 0.6 is 0 Å². The van der Waals surface area contributed by atoms with Gasteiger partial charge in [-0.05, 0) is 54.6 Å². The van der Waals surface area contributed by atoms with E-state index in [0.717, 1.165) is 38.8 Å². The average molecular weight is 339 g/mol. The highest BCUT2D eigenvalue weighted by Crippen LogP contribution is 2.29. The molecule has 0 radical (unpaired) electrons. The lowest BCUT2D eigenvalue weighted by molar-refractivity contribution is 0.628. The van der Waals surface area contributed by atoms with E-state index < -0.39 is 0 Å². The number of H-pyrrole nitrogens is 1. The van der Waals surface area contributed by atoms with Gasteiger partial charge in [0.05, 0.1) is 11.4 Å². The highest BCUT2D eigenvalue weighted by molar-refractivity contribution is 5.95. The number of halogens is 1. The summed E-state index contributed by atoms with van der Waals surface area (Å²) in [6.45, 7) is 0. The molecule has 3 nitrogen and oxygen atoms in total. The van der Waals surface area contributed by atoms with E-state index in [2.05, 4.69) is 16.0 Å². The van der Waals surface area contributed by atoms with Crippen LogP contribution < -0.4 is 0 Å². The number of nitrogens with one attached hydrogen (secondary N) is 1. The molecule has 0 fully saturated rings. The van der Waals surface area contributed by atoms with Gasteiger partial charge in [0.2, 0.25) is 0 Å². The average Bonchev–Trinajstić information content (AvgIpc) is 3.12. The molecule has 0 spiro atoms. The van der Waals surface area contributed by atoms with E-state index in [1.807, 2.05) is 48.7 Å². The van der Waals surface area contributed by atoms with Gasteiger partial charge in [-0.1, -0.05) is 18.2 Å². The van der Waals surface area contributed by atoms with Crippen LogP contribution in [-0.2, 0) is 0 Å². The lowest BCUT2D eigenvalue weighted by Crippen LogP contribution is -1.90. The summed E-state index contributed by atoms with van der Waals surface area (Å²) in [5, 5.41) is 2.11. The Kier molecular flexibility index (Phi) is 3.28. The second kappa shape index (κ2) is 5.77. The van der Waals surface area contributed by atoms with Crippen molar-refractivity contribution >= 4 is 21.9 Å². The molecule has 0 aliphatic carbocycles. The van der Waals surface area contributed by atoms with Crippen LogP contribution in [0.5, 0.6) is 0 Å². The fourth-order valence-electron chi connectivity index (χ4n) is 3.21. The molecule has 0 unspecified atom stereocenters. The van der Waals surface area contributed by atoms with Gasteiger partial charge in [-0.3, -0.25) is 0 Å². The molecule has 0 aliphatic heterocycles. The molecule has 26 heavy (non-hydrogen) atoms. The van der Waals surface area contributed by atoms with Crippen molar-refractivity contribution < 1.29 is 4.39 Å². The molecule has 2 aromatic carbocycles. The van der Waals surface area contributed by atoms with Crippen LogP contribution in [0.15, 0.2) is 79.0 Å². The summed E-state index contributed by atoms with van der Waals surface area (Å²) in [6.07, 6.45) is 1.97. The quantitative estimate of drug-likeness (QED) is 0.456. The minimum atomic E-state index is -0.255. The Morgan fingerprint density at radius 1 is 0.731 bits per heavy atom. The van der Waals surface area contributed by atoms with Gasteiger partial charge >= 0.3 is 0 Å². The zero-order valence-electron chi connectivity index (χ0n) is 13.8. The maximum atomic E-state index is 13.2. The fourth-order valence-corrected chi connectivity index (χ4v) is 3.21. The number of rotatable bonds is 2. The number of fused-ring (bicyclic) bond motifs is 2. The first-order valence-electron chi connectivity index (χ1n) is 8.38. The number of aromatic nitrogens is 3. The van der Waals surface area contributed by atoms with Gasteiger partial charge in [-0.15, -0.1) is 0 Å². The molecule has 0 atom stereocenters. The van der Waals surface area contributed by atoms with E-state index in [9.17, 15) is 4.39 Å². The van der Waals surface area contributed by atoms with Crippen molar-refractivity contribution in [3.63, 3.8) is 0 Å². The van der Waals surface area contributed by atoms with Gasteiger partial charge < -0.3 is 4.98 Å². The Hall–Kier alpha value is -3.53. The third-order valence-corrected chi connectivity index (χ3v) is 4.56. The number of nitrogens with zero attached hydrogens (tertiary/aromatic N) is 2. The zero-order chi connectivity index (χ0) is 17.5. The SMILES string of the molecule is Fc1ccc(-c2ccc3ccc(-c4c[nH]c5ccccc45)nc3n2)cc1. The maximum absolute atomic E-state index is 13.2. The smallest absolute Gasteiger partial charge is 0.160 e. The van der Waals surface area contributed by atoms with Gasteiger partial charge in [-0.2, -0.15) is 0 Å². The minimum absolute atomic E-state index is 0.255. The van der Waals surface area contributed by atoms with E-state index in [1.165, 1.54) is 12.1 Å². The first-order valence-corrected chi connectivity index (χ1v) is 8.38. The van der Waals surface area contributed by atoms with E-state index in [4.69, 9.17) is 4.98 Å². The number of aromatic amines is 1. The topological polar surface area (TPSA) is 41.6 Å². The molecular weight excluding hydrogens is 325 g/mol. The Balaban J connectivity index is 1.65. The van der Waals surface area contributed by atoms with Crippen LogP contribution in [0.3, 0.4) is 0 Å². The lowest BCUT2D eigenvalue weighted by Gasteiger charge is -2.05. The Bertz CT molecular complexity index is 1240. The first-order chi connectivity index (χ1) is 12.8. The second-order valence-electron chi connectivity index (χ2n) is 6.19. The number of hydrogen-bond donors (Lipinski definition) is 1. The summed E-state index contributed by atoms with van der Waals surface area (Å²) < 4.78 is 13.2. The summed E-state index contributed by atoms with van der Waals surface area (Å²) in [7, 11) is 0. The van der Waals surface area contributed by atoms with Crippen LogP contribution in [0.4, 0.5) is 4.39 Å². The Morgan fingerprint density at radius 3 is 2.31 bits per heavy atom. The number of para-hydroxylation sites is 1. The molecule has 1 N–H and O–H groups in total. The lowest BCUT2D eigenvalue weighted by atomic mass is 10.1. The van der Waals surface area contributed by atoms with E-state index in [-0.39, 0.29) is 5.82 Å². The predicted molar refractivity (Wildman–Crippen MR) is 102 cm³/mol. The van der Waals surface area contributed by atoms with Crippen LogP contribution in [-0.4, -0.2) is 15.0 Å². The molecule has 4 heteroatoms. The summed E-state index contributed by atoms with van der Waals surface area (Å²) in [6, 6.07) is 22.5. The normalized spacial score (nSPS) is 11.3. The largest absolute Gasteiger partial charge is 0.360 e. The molecule has 0 saturated heterocycles. The maximum Gasteiger partial charge on any atom is 0.160 e. The van der Waals surface area contributed by atoms with Crippen molar-refractivity contribution in [3.8, 4) is 22.5 Å². The van der Waals surface area contributed by atoms with Crippen LogP contribution in [0.1, 0.15) is 0 Å². The monoisotopic (exact) mass is 339 g/mol. The number of hydrogen-bond acceptors (Lipinski definition) is 2. The Labute approximate surface area is 149 Å². The number of pyridine rings is 2. The summed E-state index contributed by atoms with van der Waals surface area (Å²) in [4.78, 5) is 12.7. The van der Waals surface area contributed by atoms with Crippen LogP contribution in [0.25, 0.3) is 44.5 Å². The molecular formula is C22H14FN3. The van der Waals surface area contributed by atoms with Crippen molar-refractivity contribution in [2.45, 2.75) is 0 Å². The third kappa shape index (κ3) is 2.43. The van der Waals surface area contributed by atoms with Gasteiger partial charge in [0.1, 0.15) is 5.82 Å². The standard InChI is InChI=1S/C22H14FN3/c23-16-9-5-14(6-10-16)19-11-7-15-8-12-21(26-22(15)25-19)18-13-24-20-4-2-1-3-17(18)20/h1-13,24H. The summed E-state index contributed by atoms with van der Waals surface area (Å²) >= 11 is 0. The minimum Gasteiger partial charge on any atom is -0.360 e. The molecule has 5 aromatic rings. The van der Waals surface area contributed by atoms with Crippen molar-refractivity contribution in [3.05, 3.63) is 84.8 Å². The summed E-state index contributed by atoms with van der Waals surface area (Å²) in [5.41, 5.74) is 5.33. The predicted octanol–water partition coefficient (Wildman–Crippen LogP) is 5.58. The zero-order valence-corrected chi connectivity index (χ0v) is 13.8. The van der Waals surface area contributed by atoms with E-state index in [0.29, 0.717) is 5.65 Å². The van der Waals surface area contributed by atoms with Crippen molar-refractivity contribution in [2.24, 2.45) is 0 Å². The van der Waals surface area contributed by atoms with Crippen LogP contribution in [0.2, 0.25) is 0 Å². The molecule has 0 aliphatic rings. The van der Waals surface area contributed by atoms with E-state index >= 15 is 0 Å². The van der Waals surface area contributed by atoms with Crippen molar-refractivity contribution in [1.82, 2.24) is 15.0 Å². The molecule has 5 rings (SSSR count). The van der Waals surface area contributed by atoms with Gasteiger partial charge in [0.15, 0.2) is 5.65 Å². The number of benzene rings is 2. The Morgan fingerprint density at radius 2 is 1.46 bits per heavy atom. The highest BCUT2D eigenvalue weighted by atomic mass is 19.1. The third-order valence-electron chi connectivity index (χ3n) is 4.56. The molecule has 124 valence electrons. The van der Waals surface area contributed by atoms with Gasteiger partial charge in [0, 0.05) is 33.6 Å². The highest BCUT2D eigenvalue weighted by Gasteiger charge is 2.09. The molecule has 0 amide bonds. The first kappa shape index (κ1) is 14.8. The fraction of sp³-hybridized carbons (Fsp3) is 0. The molecule has 0 bridgehead atoms. The molecule has 0 saturated carbocycles. The van der Waals surface area contributed by atoms with Gasteiger partial charge in [0.25, 0.3) is 0 Å². The van der Waals surface area contributed by atoms with Crippen molar-refractivity contribution in [2.75, 3.05) is 0 Å². The van der Waals surface area contributed by atoms with Crippen LogP contribution in [0, 0.1) is 5.82 Å². The molecule has 3 aromatic heterocycles. The van der Waals surface area contributed by atoms with Crippen molar-refractivity contribution in [1.29, 1.82) is 0 Å².